The van der Waals surface area contributed by atoms with E-state index in [2.05, 4.69) is 15.9 Å². The molecule has 0 saturated carbocycles. The molecular formula is C7H3BrFIO2. The third-order valence-electron chi connectivity index (χ3n) is 1.22. The third-order valence-corrected chi connectivity index (χ3v) is 3.67. The van der Waals surface area contributed by atoms with Crippen molar-refractivity contribution in [2.24, 2.45) is 0 Å². The Labute approximate surface area is 90.0 Å². The number of hydrogen-bond donors (Lipinski definition) is 1. The van der Waals surface area contributed by atoms with Gasteiger partial charge in [0.2, 0.25) is 0 Å². The molecule has 0 fully saturated rings. The summed E-state index contributed by atoms with van der Waals surface area (Å²) in [6, 6.07) is 2.24. The lowest BCUT2D eigenvalue weighted by Gasteiger charge is -2.01. The Morgan fingerprint density at radius 3 is 2.67 bits per heavy atom. The minimum Gasteiger partial charge on any atom is -0.478 e. The predicted molar refractivity (Wildman–Crippen MR) is 53.8 cm³/mol. The third kappa shape index (κ3) is 1.95. The van der Waals surface area contributed by atoms with Crippen LogP contribution in [0.2, 0.25) is 0 Å². The van der Waals surface area contributed by atoms with Gasteiger partial charge in [0.25, 0.3) is 0 Å². The van der Waals surface area contributed by atoms with Crippen molar-refractivity contribution in [2.75, 3.05) is 0 Å². The van der Waals surface area contributed by atoms with Crippen molar-refractivity contribution in [3.8, 4) is 0 Å². The molecule has 1 rings (SSSR count). The average Bonchev–Trinajstić information content (AvgIpc) is 1.96. The quantitative estimate of drug-likeness (QED) is 0.628. The molecule has 64 valence electrons. The van der Waals surface area contributed by atoms with Gasteiger partial charge in [-0.05, 0) is 50.7 Å². The number of rotatable bonds is 1. The molecule has 0 aliphatic heterocycles. The van der Waals surface area contributed by atoms with E-state index >= 15 is 0 Å². The summed E-state index contributed by atoms with van der Waals surface area (Å²) >= 11 is 4.92. The Morgan fingerprint density at radius 1 is 1.58 bits per heavy atom. The molecule has 1 N–H and O–H groups in total. The van der Waals surface area contributed by atoms with Gasteiger partial charge in [0, 0.05) is 8.04 Å². The van der Waals surface area contributed by atoms with Crippen LogP contribution in [0.25, 0.3) is 0 Å². The van der Waals surface area contributed by atoms with Crippen LogP contribution < -0.4 is 0 Å². The molecule has 0 spiro atoms. The van der Waals surface area contributed by atoms with Crippen LogP contribution >= 0.6 is 38.5 Å². The molecule has 0 aliphatic rings. The molecule has 1 aromatic rings. The van der Waals surface area contributed by atoms with Gasteiger partial charge in [-0.3, -0.25) is 0 Å². The molecule has 0 aromatic heterocycles. The second-order valence-corrected chi connectivity index (χ2v) is 4.01. The van der Waals surface area contributed by atoms with E-state index in [1.165, 1.54) is 6.07 Å². The van der Waals surface area contributed by atoms with Crippen LogP contribution in [0.1, 0.15) is 10.4 Å². The fourth-order valence-corrected chi connectivity index (χ4v) is 1.70. The van der Waals surface area contributed by atoms with E-state index in [1.807, 2.05) is 22.6 Å². The summed E-state index contributed by atoms with van der Waals surface area (Å²) in [6.07, 6.45) is 0. The minimum atomic E-state index is -1.14. The summed E-state index contributed by atoms with van der Waals surface area (Å²) in [4.78, 5) is 10.5. The maximum Gasteiger partial charge on any atom is 0.336 e. The van der Waals surface area contributed by atoms with Crippen molar-refractivity contribution in [1.82, 2.24) is 0 Å². The van der Waals surface area contributed by atoms with E-state index in [0.717, 1.165) is 6.07 Å². The summed E-state index contributed by atoms with van der Waals surface area (Å²) < 4.78 is 13.6. The van der Waals surface area contributed by atoms with Crippen molar-refractivity contribution >= 4 is 44.5 Å². The van der Waals surface area contributed by atoms with Crippen LogP contribution in [0.3, 0.4) is 0 Å². The lowest BCUT2D eigenvalue weighted by atomic mass is 10.2. The van der Waals surface area contributed by atoms with E-state index < -0.39 is 11.8 Å². The molecule has 0 atom stereocenters. The van der Waals surface area contributed by atoms with Crippen molar-refractivity contribution in [2.45, 2.75) is 0 Å². The molecule has 0 aliphatic carbocycles. The average molecular weight is 345 g/mol. The van der Waals surface area contributed by atoms with Gasteiger partial charge in [-0.15, -0.1) is 0 Å². The zero-order valence-corrected chi connectivity index (χ0v) is 9.39. The number of carboxylic acids is 1. The molecule has 2 nitrogen and oxygen atoms in total. The zero-order chi connectivity index (χ0) is 9.30. The Balaban J connectivity index is 3.37. The SMILES string of the molecule is O=C(O)c1cc(F)cc(I)c1Br. The molecule has 5 heteroatoms. The highest BCUT2D eigenvalue weighted by Gasteiger charge is 2.12. The largest absolute Gasteiger partial charge is 0.478 e. The standard InChI is InChI=1S/C7H3BrFIO2/c8-6-4(7(11)12)1-3(9)2-5(6)10/h1-2H,(H,11,12). The topological polar surface area (TPSA) is 37.3 Å². The number of benzene rings is 1. The maximum atomic E-state index is 12.7. The smallest absolute Gasteiger partial charge is 0.336 e. The van der Waals surface area contributed by atoms with Gasteiger partial charge in [-0.2, -0.15) is 0 Å². The second kappa shape index (κ2) is 3.69. The number of carbonyl (C=O) groups is 1. The van der Waals surface area contributed by atoms with Crippen LogP contribution in [0.4, 0.5) is 4.39 Å². The Morgan fingerprint density at radius 2 is 2.17 bits per heavy atom. The van der Waals surface area contributed by atoms with E-state index in [4.69, 9.17) is 5.11 Å². The molecule has 12 heavy (non-hydrogen) atoms. The molecule has 0 heterocycles. The molecule has 0 radical (unpaired) electrons. The Kier molecular flexibility index (Phi) is 3.05. The van der Waals surface area contributed by atoms with Crippen LogP contribution in [0.15, 0.2) is 16.6 Å². The summed E-state index contributed by atoms with van der Waals surface area (Å²) in [5, 5.41) is 8.61. The summed E-state index contributed by atoms with van der Waals surface area (Å²) in [7, 11) is 0. The van der Waals surface area contributed by atoms with Gasteiger partial charge in [0.15, 0.2) is 0 Å². The van der Waals surface area contributed by atoms with E-state index in [0.29, 0.717) is 8.04 Å². The molecule has 0 saturated heterocycles. The second-order valence-electron chi connectivity index (χ2n) is 2.05. The highest BCUT2D eigenvalue weighted by atomic mass is 127. The summed E-state index contributed by atoms with van der Waals surface area (Å²) in [5.74, 6) is -1.68. The van der Waals surface area contributed by atoms with Crippen molar-refractivity contribution in [3.63, 3.8) is 0 Å². The molecule has 0 amide bonds. The number of carboxylic acid groups (broad SMARTS) is 1. The summed E-state index contributed by atoms with van der Waals surface area (Å²) in [6.45, 7) is 0. The number of halogens is 3. The van der Waals surface area contributed by atoms with Gasteiger partial charge in [0.05, 0.1) is 5.56 Å². The first-order valence-corrected chi connectivity index (χ1v) is 4.77. The lowest BCUT2D eigenvalue weighted by Crippen LogP contribution is -1.99. The van der Waals surface area contributed by atoms with Crippen LogP contribution in [0, 0.1) is 9.39 Å². The first-order chi connectivity index (χ1) is 5.52. The van der Waals surface area contributed by atoms with Crippen LogP contribution in [-0.4, -0.2) is 11.1 Å². The van der Waals surface area contributed by atoms with Gasteiger partial charge in [0.1, 0.15) is 5.82 Å². The zero-order valence-electron chi connectivity index (χ0n) is 5.64. The van der Waals surface area contributed by atoms with E-state index in [1.54, 1.807) is 0 Å². The molecule has 0 bridgehead atoms. The van der Waals surface area contributed by atoms with Crippen molar-refractivity contribution < 1.29 is 14.3 Å². The fraction of sp³-hybridized carbons (Fsp3) is 0. The molecular weight excluding hydrogens is 342 g/mol. The first-order valence-electron chi connectivity index (χ1n) is 2.90. The van der Waals surface area contributed by atoms with Gasteiger partial charge in [-0.25, -0.2) is 9.18 Å². The number of hydrogen-bond acceptors (Lipinski definition) is 1. The highest BCUT2D eigenvalue weighted by molar-refractivity contribution is 14.1. The normalized spacial score (nSPS) is 9.92. The van der Waals surface area contributed by atoms with Gasteiger partial charge in [-0.1, -0.05) is 0 Å². The van der Waals surface area contributed by atoms with Crippen LogP contribution in [0.5, 0.6) is 0 Å². The minimum absolute atomic E-state index is 0.0561. The summed E-state index contributed by atoms with van der Waals surface area (Å²) in [5.41, 5.74) is -0.0561. The monoisotopic (exact) mass is 344 g/mol. The van der Waals surface area contributed by atoms with Crippen molar-refractivity contribution in [3.05, 3.63) is 31.6 Å². The van der Waals surface area contributed by atoms with Crippen LogP contribution in [-0.2, 0) is 0 Å². The molecule has 1 aromatic carbocycles. The van der Waals surface area contributed by atoms with Gasteiger partial charge >= 0.3 is 5.97 Å². The highest BCUT2D eigenvalue weighted by Crippen LogP contribution is 2.24. The van der Waals surface area contributed by atoms with Gasteiger partial charge < -0.3 is 5.11 Å². The maximum absolute atomic E-state index is 12.7. The first kappa shape index (κ1) is 9.91. The predicted octanol–water partition coefficient (Wildman–Crippen LogP) is 2.89. The Hall–Kier alpha value is -0.170. The Bertz CT molecular complexity index is 340. The van der Waals surface area contributed by atoms with Crippen molar-refractivity contribution in [1.29, 1.82) is 0 Å². The van der Waals surface area contributed by atoms with E-state index in [9.17, 15) is 9.18 Å². The van der Waals surface area contributed by atoms with E-state index in [-0.39, 0.29) is 5.56 Å². The number of aromatic carboxylic acids is 1. The fourth-order valence-electron chi connectivity index (χ4n) is 0.712. The lowest BCUT2D eigenvalue weighted by molar-refractivity contribution is 0.0695. The molecule has 0 unspecified atom stereocenters.